The number of carbonyl (C=O) groups is 2. The van der Waals surface area contributed by atoms with E-state index in [4.69, 9.17) is 0 Å². The summed E-state index contributed by atoms with van der Waals surface area (Å²) in [7, 11) is 0. The summed E-state index contributed by atoms with van der Waals surface area (Å²) in [6, 6.07) is 15.5. The fourth-order valence-corrected chi connectivity index (χ4v) is 2.26. The van der Waals surface area contributed by atoms with Crippen LogP contribution in [0.15, 0.2) is 54.6 Å². The first-order chi connectivity index (χ1) is 11.6. The third-order valence-corrected chi connectivity index (χ3v) is 3.54. The van der Waals surface area contributed by atoms with Crippen LogP contribution in [0.2, 0.25) is 0 Å². The van der Waals surface area contributed by atoms with Gasteiger partial charge in [-0.05, 0) is 49.1 Å². The molecule has 0 atom stereocenters. The van der Waals surface area contributed by atoms with Crippen molar-refractivity contribution >= 4 is 17.5 Å². The zero-order valence-electron chi connectivity index (χ0n) is 13.4. The van der Waals surface area contributed by atoms with Crippen LogP contribution in [-0.4, -0.2) is 18.4 Å². The smallest absolute Gasteiger partial charge is 0.243 e. The first-order valence-electron chi connectivity index (χ1n) is 7.99. The molecule has 0 saturated heterocycles. The molecule has 0 aromatic heterocycles. The van der Waals surface area contributed by atoms with E-state index < -0.39 is 0 Å². The van der Waals surface area contributed by atoms with Crippen LogP contribution >= 0.6 is 0 Å². The lowest BCUT2D eigenvalue weighted by atomic mass is 10.1. The first kappa shape index (κ1) is 17.7. The normalized spacial score (nSPS) is 10.2. The number of hydrogen-bond donors (Lipinski definition) is 2. The van der Waals surface area contributed by atoms with Gasteiger partial charge in [0.1, 0.15) is 5.82 Å². The van der Waals surface area contributed by atoms with E-state index in [0.717, 1.165) is 24.8 Å². The Morgan fingerprint density at radius 3 is 2.29 bits per heavy atom. The molecule has 2 aromatic carbocycles. The van der Waals surface area contributed by atoms with Crippen molar-refractivity contribution in [1.82, 2.24) is 5.32 Å². The number of aryl methyl sites for hydroxylation is 1. The zero-order valence-corrected chi connectivity index (χ0v) is 13.4. The predicted molar refractivity (Wildman–Crippen MR) is 92.0 cm³/mol. The number of hydrogen-bond acceptors (Lipinski definition) is 2. The van der Waals surface area contributed by atoms with Crippen LogP contribution in [0.3, 0.4) is 0 Å². The first-order valence-corrected chi connectivity index (χ1v) is 7.99. The summed E-state index contributed by atoms with van der Waals surface area (Å²) in [5.41, 5.74) is 1.76. The van der Waals surface area contributed by atoms with Crippen LogP contribution in [0.4, 0.5) is 10.1 Å². The Balaban J connectivity index is 1.58. The van der Waals surface area contributed by atoms with Crippen molar-refractivity contribution in [3.63, 3.8) is 0 Å². The van der Waals surface area contributed by atoms with Crippen LogP contribution < -0.4 is 10.6 Å². The fraction of sp³-hybridized carbons (Fsp3) is 0.263. The Bertz CT molecular complexity index is 657. The van der Waals surface area contributed by atoms with E-state index in [9.17, 15) is 14.0 Å². The molecule has 2 N–H and O–H groups in total. The van der Waals surface area contributed by atoms with E-state index in [1.807, 2.05) is 18.2 Å². The lowest BCUT2D eigenvalue weighted by Gasteiger charge is -2.07. The summed E-state index contributed by atoms with van der Waals surface area (Å²) < 4.78 is 12.8. The number of rotatable bonds is 8. The zero-order chi connectivity index (χ0) is 17.2. The second-order valence-electron chi connectivity index (χ2n) is 5.52. The Kier molecular flexibility index (Phi) is 6.95. The van der Waals surface area contributed by atoms with E-state index in [1.54, 1.807) is 24.3 Å². The predicted octanol–water partition coefficient (Wildman–Crippen LogP) is 3.29. The second kappa shape index (κ2) is 9.45. The number of benzene rings is 2. The van der Waals surface area contributed by atoms with Gasteiger partial charge in [-0.1, -0.05) is 30.3 Å². The highest BCUT2D eigenvalue weighted by atomic mass is 19.1. The number of unbranched alkanes of at least 4 members (excludes halogenated alkanes) is 1. The maximum atomic E-state index is 12.8. The highest BCUT2D eigenvalue weighted by Crippen LogP contribution is 2.08. The van der Waals surface area contributed by atoms with Crippen molar-refractivity contribution in [2.75, 3.05) is 11.9 Å². The lowest BCUT2D eigenvalue weighted by molar-refractivity contribution is -0.124. The van der Waals surface area contributed by atoms with Gasteiger partial charge in [0, 0.05) is 12.1 Å². The molecule has 24 heavy (non-hydrogen) atoms. The lowest BCUT2D eigenvalue weighted by Crippen LogP contribution is -2.32. The number of nitrogens with one attached hydrogen (secondary N) is 2. The summed E-state index contributed by atoms with van der Waals surface area (Å²) in [6.45, 7) is -0.0360. The molecule has 2 rings (SSSR count). The second-order valence-corrected chi connectivity index (χ2v) is 5.52. The third kappa shape index (κ3) is 6.60. The molecule has 0 fully saturated rings. The molecule has 0 radical (unpaired) electrons. The van der Waals surface area contributed by atoms with Gasteiger partial charge in [0.05, 0.1) is 6.54 Å². The highest BCUT2D eigenvalue weighted by Gasteiger charge is 2.06. The maximum absolute atomic E-state index is 12.8. The molecular formula is C19H21FN2O2. The van der Waals surface area contributed by atoms with Gasteiger partial charge in [0.25, 0.3) is 0 Å². The molecule has 0 bridgehead atoms. The molecule has 0 aliphatic carbocycles. The third-order valence-electron chi connectivity index (χ3n) is 3.54. The largest absolute Gasteiger partial charge is 0.347 e. The molecule has 0 unspecified atom stereocenters. The molecule has 126 valence electrons. The maximum Gasteiger partial charge on any atom is 0.243 e. The van der Waals surface area contributed by atoms with Gasteiger partial charge < -0.3 is 10.6 Å². The molecular weight excluding hydrogens is 307 g/mol. The van der Waals surface area contributed by atoms with Crippen LogP contribution in [0, 0.1) is 5.82 Å². The molecule has 0 heterocycles. The standard InChI is InChI=1S/C19H21FN2O2/c20-16-12-10-15(11-13-16)6-4-5-9-18(23)21-14-19(24)22-17-7-2-1-3-8-17/h1-3,7-8,10-13H,4-6,9,14H2,(H,21,23)(H,22,24). The van der Waals surface area contributed by atoms with Gasteiger partial charge in [-0.3, -0.25) is 9.59 Å². The van der Waals surface area contributed by atoms with Gasteiger partial charge in [0.15, 0.2) is 0 Å². The molecule has 0 spiro atoms. The van der Waals surface area contributed by atoms with E-state index in [-0.39, 0.29) is 24.2 Å². The summed E-state index contributed by atoms with van der Waals surface area (Å²) in [6.07, 6.45) is 2.75. The molecule has 0 aliphatic heterocycles. The number of carbonyl (C=O) groups excluding carboxylic acids is 2. The van der Waals surface area contributed by atoms with Gasteiger partial charge in [0.2, 0.25) is 11.8 Å². The molecule has 0 saturated carbocycles. The van der Waals surface area contributed by atoms with Gasteiger partial charge in [-0.15, -0.1) is 0 Å². The van der Waals surface area contributed by atoms with Gasteiger partial charge in [-0.2, -0.15) is 0 Å². The van der Waals surface area contributed by atoms with E-state index in [1.165, 1.54) is 12.1 Å². The van der Waals surface area contributed by atoms with Crippen molar-refractivity contribution in [2.45, 2.75) is 25.7 Å². The van der Waals surface area contributed by atoms with Crippen LogP contribution in [0.5, 0.6) is 0 Å². The molecule has 2 amide bonds. The molecule has 5 heteroatoms. The van der Waals surface area contributed by atoms with E-state index >= 15 is 0 Å². The average Bonchev–Trinajstić information content (AvgIpc) is 2.59. The van der Waals surface area contributed by atoms with Crippen molar-refractivity contribution in [1.29, 1.82) is 0 Å². The average molecular weight is 328 g/mol. The summed E-state index contributed by atoms with van der Waals surface area (Å²) in [5.74, 6) is -0.634. The summed E-state index contributed by atoms with van der Waals surface area (Å²) in [4.78, 5) is 23.4. The van der Waals surface area contributed by atoms with Crippen molar-refractivity contribution in [2.24, 2.45) is 0 Å². The van der Waals surface area contributed by atoms with Gasteiger partial charge >= 0.3 is 0 Å². The molecule has 2 aromatic rings. The molecule has 0 aliphatic rings. The Morgan fingerprint density at radius 1 is 0.875 bits per heavy atom. The SMILES string of the molecule is O=C(CCCCc1ccc(F)cc1)NCC(=O)Nc1ccccc1. The quantitative estimate of drug-likeness (QED) is 0.731. The Labute approximate surface area is 141 Å². The van der Waals surface area contributed by atoms with Crippen LogP contribution in [0.1, 0.15) is 24.8 Å². The highest BCUT2D eigenvalue weighted by molar-refractivity contribution is 5.94. The Hall–Kier alpha value is -2.69. The van der Waals surface area contributed by atoms with Crippen LogP contribution in [-0.2, 0) is 16.0 Å². The Morgan fingerprint density at radius 2 is 1.58 bits per heavy atom. The van der Waals surface area contributed by atoms with E-state index in [0.29, 0.717) is 12.1 Å². The number of halogens is 1. The van der Waals surface area contributed by atoms with Crippen molar-refractivity contribution < 1.29 is 14.0 Å². The summed E-state index contributed by atoms with van der Waals surface area (Å²) >= 11 is 0. The van der Waals surface area contributed by atoms with Crippen LogP contribution in [0.25, 0.3) is 0 Å². The minimum Gasteiger partial charge on any atom is -0.347 e. The number of anilines is 1. The topological polar surface area (TPSA) is 58.2 Å². The minimum absolute atomic E-state index is 0.0360. The number of amides is 2. The van der Waals surface area contributed by atoms with Crippen molar-refractivity contribution in [3.05, 3.63) is 66.0 Å². The van der Waals surface area contributed by atoms with E-state index in [2.05, 4.69) is 10.6 Å². The van der Waals surface area contributed by atoms with Crippen molar-refractivity contribution in [3.8, 4) is 0 Å². The van der Waals surface area contributed by atoms with Gasteiger partial charge in [-0.25, -0.2) is 4.39 Å². The number of para-hydroxylation sites is 1. The summed E-state index contributed by atoms with van der Waals surface area (Å²) in [5, 5.41) is 5.31. The monoisotopic (exact) mass is 328 g/mol. The molecule has 4 nitrogen and oxygen atoms in total. The fourth-order valence-electron chi connectivity index (χ4n) is 2.26. The minimum atomic E-state index is -0.249.